The maximum absolute atomic E-state index is 13.4. The quantitative estimate of drug-likeness (QED) is 0.856. The Kier molecular flexibility index (Phi) is 4.87. The van der Waals surface area contributed by atoms with Gasteiger partial charge >= 0.3 is 0 Å². The van der Waals surface area contributed by atoms with E-state index in [2.05, 4.69) is 15.6 Å². The Morgan fingerprint density at radius 1 is 1.14 bits per heavy atom. The third kappa shape index (κ3) is 3.35. The first-order valence-electron chi connectivity index (χ1n) is 10.6. The van der Waals surface area contributed by atoms with E-state index in [4.69, 9.17) is 9.47 Å². The molecule has 29 heavy (non-hydrogen) atoms. The number of carbonyl (C=O) groups excluding carboxylic acids is 1. The molecule has 1 amide bonds. The fourth-order valence-corrected chi connectivity index (χ4v) is 4.70. The molecule has 0 aliphatic carbocycles. The van der Waals surface area contributed by atoms with Crippen LogP contribution in [0.1, 0.15) is 59.5 Å². The lowest BCUT2D eigenvalue weighted by atomic mass is 10.0. The second-order valence-corrected chi connectivity index (χ2v) is 8.01. The zero-order valence-electron chi connectivity index (χ0n) is 16.8. The smallest absolute Gasteiger partial charge is 0.276 e. The number of hydrogen-bond donors (Lipinski definition) is 1. The zero-order chi connectivity index (χ0) is 19.8. The van der Waals surface area contributed by atoms with Crippen molar-refractivity contribution in [2.24, 2.45) is 0 Å². The van der Waals surface area contributed by atoms with Gasteiger partial charge in [-0.1, -0.05) is 11.3 Å². The van der Waals surface area contributed by atoms with E-state index in [0.717, 1.165) is 68.1 Å². The highest BCUT2D eigenvalue weighted by Gasteiger charge is 2.34. The van der Waals surface area contributed by atoms with Crippen molar-refractivity contribution in [1.82, 2.24) is 25.2 Å². The van der Waals surface area contributed by atoms with Crippen molar-refractivity contribution >= 4 is 5.91 Å². The average Bonchev–Trinajstić information content (AvgIpc) is 3.40. The highest BCUT2D eigenvalue weighted by molar-refractivity contribution is 5.93. The number of nitrogens with one attached hydrogen (secondary N) is 1. The van der Waals surface area contributed by atoms with E-state index in [0.29, 0.717) is 24.9 Å². The van der Waals surface area contributed by atoms with E-state index in [1.165, 1.54) is 0 Å². The fraction of sp³-hybridized carbons (Fsp3) is 0.571. The topological polar surface area (TPSA) is 81.5 Å². The number of aromatic nitrogens is 3. The molecule has 2 fully saturated rings. The van der Waals surface area contributed by atoms with Crippen LogP contribution < -0.4 is 14.8 Å². The number of rotatable bonds is 3. The summed E-state index contributed by atoms with van der Waals surface area (Å²) in [7, 11) is 0. The second kappa shape index (κ2) is 7.67. The summed E-state index contributed by atoms with van der Waals surface area (Å²) in [5.41, 5.74) is 2.44. The van der Waals surface area contributed by atoms with Crippen molar-refractivity contribution in [2.75, 3.05) is 32.8 Å². The number of likely N-dealkylation sites (tertiary alicyclic amines) is 1. The van der Waals surface area contributed by atoms with Crippen molar-refractivity contribution in [1.29, 1.82) is 0 Å². The van der Waals surface area contributed by atoms with E-state index < -0.39 is 0 Å². The molecule has 0 bridgehead atoms. The number of amides is 1. The van der Waals surface area contributed by atoms with E-state index in [9.17, 15) is 4.79 Å². The minimum atomic E-state index is -0.0277. The van der Waals surface area contributed by atoms with Crippen LogP contribution in [0, 0.1) is 6.92 Å². The van der Waals surface area contributed by atoms with Gasteiger partial charge in [-0.25, -0.2) is 4.68 Å². The van der Waals surface area contributed by atoms with Crippen LogP contribution in [-0.4, -0.2) is 58.6 Å². The van der Waals surface area contributed by atoms with Crippen molar-refractivity contribution in [2.45, 2.75) is 44.7 Å². The van der Waals surface area contributed by atoms with Gasteiger partial charge in [0.2, 0.25) is 0 Å². The molecule has 8 heteroatoms. The van der Waals surface area contributed by atoms with E-state index in [1.54, 1.807) is 0 Å². The van der Waals surface area contributed by atoms with Gasteiger partial charge in [-0.05, 0) is 63.4 Å². The first kappa shape index (κ1) is 18.4. The Balaban J connectivity index is 1.39. The predicted octanol–water partition coefficient (Wildman–Crippen LogP) is 2.26. The summed E-state index contributed by atoms with van der Waals surface area (Å²) in [6.07, 6.45) is 3.95. The second-order valence-electron chi connectivity index (χ2n) is 8.01. The van der Waals surface area contributed by atoms with Crippen LogP contribution in [0.4, 0.5) is 0 Å². The van der Waals surface area contributed by atoms with Gasteiger partial charge in [-0.3, -0.25) is 4.79 Å². The average molecular weight is 397 g/mol. The van der Waals surface area contributed by atoms with Gasteiger partial charge in [0, 0.05) is 6.54 Å². The molecule has 154 valence electrons. The van der Waals surface area contributed by atoms with Crippen LogP contribution >= 0.6 is 0 Å². The largest absolute Gasteiger partial charge is 0.486 e. The van der Waals surface area contributed by atoms with Crippen LogP contribution in [0.25, 0.3) is 0 Å². The summed E-state index contributed by atoms with van der Waals surface area (Å²) in [5.74, 6) is 1.51. The fourth-order valence-electron chi connectivity index (χ4n) is 4.70. The van der Waals surface area contributed by atoms with Crippen molar-refractivity contribution < 1.29 is 14.3 Å². The van der Waals surface area contributed by atoms with Crippen molar-refractivity contribution in [3.8, 4) is 11.5 Å². The SMILES string of the molecule is Cc1c(C(=O)N2CCC[C@H]2c2ccc3c(c2)OCCO3)nnn1C1CCNCC1. The number of benzene rings is 1. The predicted molar refractivity (Wildman–Crippen MR) is 106 cm³/mol. The summed E-state index contributed by atoms with van der Waals surface area (Å²) in [6.45, 7) is 5.79. The molecule has 4 heterocycles. The maximum atomic E-state index is 13.4. The Labute approximate surface area is 170 Å². The highest BCUT2D eigenvalue weighted by atomic mass is 16.6. The number of fused-ring (bicyclic) bond motifs is 1. The summed E-state index contributed by atoms with van der Waals surface area (Å²) < 4.78 is 13.3. The molecule has 8 nitrogen and oxygen atoms in total. The van der Waals surface area contributed by atoms with Gasteiger partial charge in [-0.2, -0.15) is 0 Å². The summed E-state index contributed by atoms with van der Waals surface area (Å²) in [5, 5.41) is 12.0. The van der Waals surface area contributed by atoms with Gasteiger partial charge in [0.05, 0.1) is 17.8 Å². The Morgan fingerprint density at radius 2 is 1.93 bits per heavy atom. The molecule has 3 aliphatic heterocycles. The minimum absolute atomic E-state index is 0.0277. The van der Waals surface area contributed by atoms with Gasteiger partial charge in [0.1, 0.15) is 13.2 Å². The van der Waals surface area contributed by atoms with E-state index >= 15 is 0 Å². The maximum Gasteiger partial charge on any atom is 0.276 e. The third-order valence-corrected chi connectivity index (χ3v) is 6.25. The number of ether oxygens (including phenoxy) is 2. The molecule has 1 N–H and O–H groups in total. The van der Waals surface area contributed by atoms with Crippen molar-refractivity contribution in [3.05, 3.63) is 35.2 Å². The Bertz CT molecular complexity index is 906. The van der Waals surface area contributed by atoms with Crippen LogP contribution in [0.15, 0.2) is 18.2 Å². The van der Waals surface area contributed by atoms with Gasteiger partial charge in [0.25, 0.3) is 5.91 Å². The van der Waals surface area contributed by atoms with Crippen LogP contribution in [0.5, 0.6) is 11.5 Å². The summed E-state index contributed by atoms with van der Waals surface area (Å²) in [6, 6.07) is 6.36. The van der Waals surface area contributed by atoms with Crippen LogP contribution in [0.2, 0.25) is 0 Å². The number of carbonyl (C=O) groups is 1. The Morgan fingerprint density at radius 3 is 2.76 bits per heavy atom. The lowest BCUT2D eigenvalue weighted by Gasteiger charge is -2.26. The normalized spacial score (nSPS) is 22.1. The molecule has 3 aliphatic rings. The molecule has 2 saturated heterocycles. The van der Waals surface area contributed by atoms with Crippen LogP contribution in [0.3, 0.4) is 0 Å². The van der Waals surface area contributed by atoms with Gasteiger partial charge in [0.15, 0.2) is 17.2 Å². The monoisotopic (exact) mass is 397 g/mol. The van der Waals surface area contributed by atoms with Crippen molar-refractivity contribution in [3.63, 3.8) is 0 Å². The zero-order valence-corrected chi connectivity index (χ0v) is 16.8. The molecule has 0 spiro atoms. The molecule has 1 atom stereocenters. The molecule has 0 radical (unpaired) electrons. The minimum Gasteiger partial charge on any atom is -0.486 e. The molecule has 1 aromatic carbocycles. The van der Waals surface area contributed by atoms with Gasteiger partial charge in [-0.15, -0.1) is 5.10 Å². The first-order valence-corrected chi connectivity index (χ1v) is 10.6. The standard InChI is InChI=1S/C21H27N5O3/c1-14-20(23-24-26(14)16-6-8-22-9-7-16)21(27)25-10-2-3-17(25)15-4-5-18-19(13-15)29-12-11-28-18/h4-5,13,16-17,22H,2-3,6-12H2,1H3/t17-/m0/s1. The highest BCUT2D eigenvalue weighted by Crippen LogP contribution is 2.38. The first-order chi connectivity index (χ1) is 14.2. The molecule has 5 rings (SSSR count). The third-order valence-electron chi connectivity index (χ3n) is 6.25. The Hall–Kier alpha value is -2.61. The molecular weight excluding hydrogens is 370 g/mol. The molecule has 0 saturated carbocycles. The summed E-state index contributed by atoms with van der Waals surface area (Å²) >= 11 is 0. The summed E-state index contributed by atoms with van der Waals surface area (Å²) in [4.78, 5) is 15.3. The van der Waals surface area contributed by atoms with E-state index in [1.807, 2.05) is 34.7 Å². The molecule has 1 aromatic heterocycles. The number of piperidine rings is 1. The lowest BCUT2D eigenvalue weighted by molar-refractivity contribution is 0.0728. The molecule has 0 unspecified atom stereocenters. The van der Waals surface area contributed by atoms with Crippen LogP contribution in [-0.2, 0) is 0 Å². The molecule has 2 aromatic rings. The van der Waals surface area contributed by atoms with E-state index in [-0.39, 0.29) is 11.9 Å². The number of hydrogen-bond acceptors (Lipinski definition) is 6. The number of nitrogens with zero attached hydrogens (tertiary/aromatic N) is 4. The lowest BCUT2D eigenvalue weighted by Crippen LogP contribution is -2.32. The van der Waals surface area contributed by atoms with Gasteiger partial charge < -0.3 is 19.7 Å². The molecular formula is C21H27N5O3.